The maximum atomic E-state index is 13.1. The Kier molecular flexibility index (Phi) is 6.80. The van der Waals surface area contributed by atoms with Gasteiger partial charge in [0.25, 0.3) is 5.91 Å². The molecule has 1 fully saturated rings. The van der Waals surface area contributed by atoms with E-state index in [1.165, 1.54) is 11.8 Å². The number of amides is 1. The summed E-state index contributed by atoms with van der Waals surface area (Å²) in [5, 5.41) is 2.56. The van der Waals surface area contributed by atoms with Crippen molar-refractivity contribution < 1.29 is 19.1 Å². The van der Waals surface area contributed by atoms with Crippen LogP contribution in [0.2, 0.25) is 0 Å². The van der Waals surface area contributed by atoms with Gasteiger partial charge in [-0.05, 0) is 36.9 Å². The highest BCUT2D eigenvalue weighted by Crippen LogP contribution is 2.45. The Balaban J connectivity index is 1.56. The van der Waals surface area contributed by atoms with Gasteiger partial charge in [-0.25, -0.2) is 0 Å². The summed E-state index contributed by atoms with van der Waals surface area (Å²) in [5.41, 5.74) is 1.63. The Morgan fingerprint density at radius 2 is 1.81 bits per heavy atom. The molecule has 2 aromatic rings. The number of nitrogens with zero attached hydrogens (tertiary/aromatic N) is 2. The average molecular weight is 442 g/mol. The van der Waals surface area contributed by atoms with Crippen molar-refractivity contribution in [1.82, 2.24) is 9.80 Å². The molecule has 2 aromatic carbocycles. The second kappa shape index (κ2) is 9.72. The van der Waals surface area contributed by atoms with Crippen LogP contribution >= 0.6 is 11.8 Å². The van der Waals surface area contributed by atoms with Crippen molar-refractivity contribution in [1.29, 1.82) is 0 Å². The van der Waals surface area contributed by atoms with Crippen LogP contribution in [-0.4, -0.2) is 74.7 Å². The second-order valence-electron chi connectivity index (χ2n) is 7.79. The second-order valence-corrected chi connectivity index (χ2v) is 8.97. The number of benzene rings is 2. The maximum Gasteiger partial charge on any atom is 0.320 e. The predicted octanol–water partition coefficient (Wildman–Crippen LogP) is 2.64. The molecule has 0 aromatic heterocycles. The van der Waals surface area contributed by atoms with E-state index in [1.807, 2.05) is 48.5 Å². The highest BCUT2D eigenvalue weighted by molar-refractivity contribution is 7.99. The highest BCUT2D eigenvalue weighted by Gasteiger charge is 2.37. The predicted molar refractivity (Wildman–Crippen MR) is 120 cm³/mol. The minimum absolute atomic E-state index is 0.185. The summed E-state index contributed by atoms with van der Waals surface area (Å²) in [5.74, 6) is 0.0376. The van der Waals surface area contributed by atoms with Crippen molar-refractivity contribution in [3.63, 3.8) is 0 Å². The molecule has 2 unspecified atom stereocenters. The van der Waals surface area contributed by atoms with E-state index in [-0.39, 0.29) is 23.7 Å². The molecule has 8 heteroatoms. The first-order valence-corrected chi connectivity index (χ1v) is 11.2. The molecular formula is C23H27N3O4S. The zero-order chi connectivity index (χ0) is 21.8. The Labute approximate surface area is 186 Å². The van der Waals surface area contributed by atoms with Gasteiger partial charge in [0.1, 0.15) is 5.75 Å². The number of thioether (sulfide) groups is 1. The zero-order valence-corrected chi connectivity index (χ0v) is 18.6. The number of hydrogen-bond acceptors (Lipinski definition) is 7. The van der Waals surface area contributed by atoms with Gasteiger partial charge in [-0.15, -0.1) is 11.8 Å². The van der Waals surface area contributed by atoms with Gasteiger partial charge in [-0.2, -0.15) is 0 Å². The molecule has 1 saturated heterocycles. The van der Waals surface area contributed by atoms with E-state index in [9.17, 15) is 9.59 Å². The van der Waals surface area contributed by atoms with E-state index in [4.69, 9.17) is 9.47 Å². The van der Waals surface area contributed by atoms with Crippen LogP contribution < -0.4 is 10.1 Å². The van der Waals surface area contributed by atoms with Gasteiger partial charge in [-0.1, -0.05) is 24.3 Å². The third kappa shape index (κ3) is 5.20. The first kappa shape index (κ1) is 21.7. The third-order valence-corrected chi connectivity index (χ3v) is 6.97. The summed E-state index contributed by atoms with van der Waals surface area (Å²) < 4.78 is 11.1. The van der Waals surface area contributed by atoms with Crippen LogP contribution in [0.5, 0.6) is 5.75 Å². The molecule has 0 spiro atoms. The summed E-state index contributed by atoms with van der Waals surface area (Å²) in [6.07, 6.45) is -0.939. The molecule has 0 bridgehead atoms. The molecule has 2 atom stereocenters. The lowest BCUT2D eigenvalue weighted by molar-refractivity contribution is -0.155. The van der Waals surface area contributed by atoms with E-state index in [0.29, 0.717) is 0 Å². The normalized spacial score (nSPS) is 22.2. The number of para-hydroxylation sites is 1. The number of rotatable bonds is 5. The summed E-state index contributed by atoms with van der Waals surface area (Å²) in [7, 11) is 3.68. The third-order valence-electron chi connectivity index (χ3n) is 5.58. The summed E-state index contributed by atoms with van der Waals surface area (Å²) in [6.45, 7) is 3.63. The first-order chi connectivity index (χ1) is 15.0. The lowest BCUT2D eigenvalue weighted by atomic mass is 10.1. The number of piperazine rings is 1. The maximum absolute atomic E-state index is 13.1. The average Bonchev–Trinajstić information content (AvgIpc) is 2.92. The van der Waals surface area contributed by atoms with E-state index in [0.717, 1.165) is 48.1 Å². The van der Waals surface area contributed by atoms with Crippen molar-refractivity contribution in [3.8, 4) is 5.75 Å². The molecule has 2 aliphatic heterocycles. The van der Waals surface area contributed by atoms with Crippen LogP contribution in [0.15, 0.2) is 53.4 Å². The molecule has 1 N–H and O–H groups in total. The van der Waals surface area contributed by atoms with Crippen molar-refractivity contribution in [2.75, 3.05) is 52.2 Å². The molecule has 4 rings (SSSR count). The number of fused-ring (bicyclic) bond motifs is 1. The molecule has 0 saturated carbocycles. The fraction of sp³-hybridized carbons (Fsp3) is 0.391. The molecule has 0 aliphatic carbocycles. The van der Waals surface area contributed by atoms with Crippen molar-refractivity contribution in [3.05, 3.63) is 54.1 Å². The number of esters is 1. The van der Waals surface area contributed by atoms with E-state index in [1.54, 1.807) is 7.11 Å². The summed E-state index contributed by atoms with van der Waals surface area (Å²) >= 11 is 1.52. The van der Waals surface area contributed by atoms with Crippen LogP contribution in [-0.2, 0) is 14.3 Å². The molecular weight excluding hydrogens is 414 g/mol. The minimum atomic E-state index is -0.939. The highest BCUT2D eigenvalue weighted by atomic mass is 32.2. The molecule has 1 amide bonds. The molecule has 164 valence electrons. The number of ether oxygens (including phenoxy) is 2. The number of hydrogen-bond donors (Lipinski definition) is 1. The Bertz CT molecular complexity index is 929. The largest absolute Gasteiger partial charge is 0.497 e. The molecule has 2 heterocycles. The summed E-state index contributed by atoms with van der Waals surface area (Å²) in [6, 6.07) is 15.2. The molecule has 2 aliphatic rings. The Hall–Kier alpha value is -2.55. The van der Waals surface area contributed by atoms with Gasteiger partial charge in [0, 0.05) is 31.1 Å². The first-order valence-electron chi connectivity index (χ1n) is 10.3. The van der Waals surface area contributed by atoms with Crippen molar-refractivity contribution >= 4 is 29.3 Å². The van der Waals surface area contributed by atoms with Crippen LogP contribution in [0.3, 0.4) is 0 Å². The van der Waals surface area contributed by atoms with Gasteiger partial charge in [-0.3, -0.25) is 14.5 Å². The monoisotopic (exact) mass is 441 g/mol. The fourth-order valence-electron chi connectivity index (χ4n) is 3.73. The standard InChI is InChI=1S/C23H27N3O4S/c1-25-11-13-26(14-12-25)15-20(27)30-21-22(16-7-9-17(29-2)10-8-16)31-19-6-4-3-5-18(19)24-23(21)28/h3-10,21-22H,11-15H2,1-2H3,(H,24,28). The molecule has 0 radical (unpaired) electrons. The van der Waals surface area contributed by atoms with Crippen LogP contribution in [0.25, 0.3) is 0 Å². The number of carbonyl (C=O) groups is 2. The van der Waals surface area contributed by atoms with Gasteiger partial charge in [0.2, 0.25) is 0 Å². The van der Waals surface area contributed by atoms with Crippen molar-refractivity contribution in [2.45, 2.75) is 16.2 Å². The molecule has 31 heavy (non-hydrogen) atoms. The van der Waals surface area contributed by atoms with Crippen LogP contribution in [0.1, 0.15) is 10.8 Å². The van der Waals surface area contributed by atoms with Gasteiger partial charge >= 0.3 is 5.97 Å². The Morgan fingerprint density at radius 3 is 2.52 bits per heavy atom. The van der Waals surface area contributed by atoms with E-state index in [2.05, 4.69) is 22.2 Å². The van der Waals surface area contributed by atoms with Crippen molar-refractivity contribution in [2.24, 2.45) is 0 Å². The lowest BCUT2D eigenvalue weighted by Gasteiger charge is -2.32. The van der Waals surface area contributed by atoms with Crippen LogP contribution in [0, 0.1) is 0 Å². The van der Waals surface area contributed by atoms with Gasteiger partial charge in [0.15, 0.2) is 6.10 Å². The summed E-state index contributed by atoms with van der Waals surface area (Å²) in [4.78, 5) is 31.1. The van der Waals surface area contributed by atoms with Gasteiger partial charge < -0.3 is 19.7 Å². The SMILES string of the molecule is COc1ccc(C2Sc3ccccc3NC(=O)C2OC(=O)CN2CCN(C)CC2)cc1. The minimum Gasteiger partial charge on any atom is -0.497 e. The zero-order valence-electron chi connectivity index (χ0n) is 17.7. The molecule has 7 nitrogen and oxygen atoms in total. The van der Waals surface area contributed by atoms with Crippen LogP contribution in [0.4, 0.5) is 5.69 Å². The number of nitrogens with one attached hydrogen (secondary N) is 1. The lowest BCUT2D eigenvalue weighted by Crippen LogP contribution is -2.47. The van der Waals surface area contributed by atoms with Gasteiger partial charge in [0.05, 0.1) is 24.6 Å². The fourth-order valence-corrected chi connectivity index (χ4v) is 5.00. The smallest absolute Gasteiger partial charge is 0.320 e. The Morgan fingerprint density at radius 1 is 1.10 bits per heavy atom. The number of anilines is 1. The number of carbonyl (C=O) groups excluding carboxylic acids is 2. The van der Waals surface area contributed by atoms with E-state index < -0.39 is 6.10 Å². The quantitative estimate of drug-likeness (QED) is 0.716. The van der Waals surface area contributed by atoms with E-state index >= 15 is 0 Å². The topological polar surface area (TPSA) is 71.1 Å². The number of methoxy groups -OCH3 is 1. The number of likely N-dealkylation sites (N-methyl/N-ethyl adjacent to an activating group) is 1.